The SMILES string of the molecule is CCS(=O)(=O)c1cc(-c2cnn(C)c2)cnc1-c1nc2cc(C(F)(F)F)ncc2n1C. The second kappa shape index (κ2) is 7.15. The van der Waals surface area contributed by atoms with Crippen LogP contribution < -0.4 is 0 Å². The summed E-state index contributed by atoms with van der Waals surface area (Å²) in [6.07, 6.45) is 1.23. The van der Waals surface area contributed by atoms with Gasteiger partial charge in [-0.3, -0.25) is 9.67 Å². The molecule has 0 aliphatic carbocycles. The van der Waals surface area contributed by atoms with Gasteiger partial charge in [-0.15, -0.1) is 0 Å². The third kappa shape index (κ3) is 3.67. The Balaban J connectivity index is 1.95. The minimum atomic E-state index is -4.62. The number of aryl methyl sites for hydroxylation is 2. The van der Waals surface area contributed by atoms with Gasteiger partial charge in [0, 0.05) is 37.6 Å². The lowest BCUT2D eigenvalue weighted by Crippen LogP contribution is -2.09. The Hall–Kier alpha value is -3.28. The largest absolute Gasteiger partial charge is 0.433 e. The molecular formula is C19H17F3N6O2S. The molecule has 4 rings (SSSR count). The molecule has 0 atom stereocenters. The van der Waals surface area contributed by atoms with Gasteiger partial charge < -0.3 is 4.57 Å². The van der Waals surface area contributed by atoms with Crippen molar-refractivity contribution >= 4 is 20.9 Å². The number of pyridine rings is 2. The van der Waals surface area contributed by atoms with Crippen molar-refractivity contribution in [3.8, 4) is 22.6 Å². The number of hydrogen-bond acceptors (Lipinski definition) is 6. The summed E-state index contributed by atoms with van der Waals surface area (Å²) in [5.41, 5.74) is 0.563. The number of sulfone groups is 1. The smallest absolute Gasteiger partial charge is 0.324 e. The molecule has 0 amide bonds. The maximum Gasteiger partial charge on any atom is 0.433 e. The van der Waals surface area contributed by atoms with Crippen LogP contribution in [0.1, 0.15) is 12.6 Å². The van der Waals surface area contributed by atoms with E-state index in [4.69, 9.17) is 0 Å². The number of imidazole rings is 1. The van der Waals surface area contributed by atoms with E-state index in [1.807, 2.05) is 0 Å². The van der Waals surface area contributed by atoms with Gasteiger partial charge in [-0.05, 0) is 12.1 Å². The lowest BCUT2D eigenvalue weighted by atomic mass is 10.1. The lowest BCUT2D eigenvalue weighted by molar-refractivity contribution is -0.141. The van der Waals surface area contributed by atoms with Gasteiger partial charge in [0.1, 0.15) is 11.4 Å². The minimum Gasteiger partial charge on any atom is -0.324 e. The molecule has 0 bridgehead atoms. The average Bonchev–Trinajstić information content (AvgIpc) is 3.30. The molecule has 0 N–H and O–H groups in total. The molecule has 31 heavy (non-hydrogen) atoms. The van der Waals surface area contributed by atoms with Gasteiger partial charge in [0.05, 0.1) is 34.1 Å². The number of aromatic nitrogens is 6. The summed E-state index contributed by atoms with van der Waals surface area (Å²) >= 11 is 0. The van der Waals surface area contributed by atoms with Crippen LogP contribution in [0.25, 0.3) is 33.7 Å². The van der Waals surface area contributed by atoms with Crippen LogP contribution in [-0.4, -0.2) is 43.5 Å². The zero-order valence-electron chi connectivity index (χ0n) is 16.7. The van der Waals surface area contributed by atoms with Crippen molar-refractivity contribution in [2.24, 2.45) is 14.1 Å². The Morgan fingerprint density at radius 3 is 2.39 bits per heavy atom. The average molecular weight is 450 g/mol. The monoisotopic (exact) mass is 450 g/mol. The van der Waals surface area contributed by atoms with Gasteiger partial charge in [-0.1, -0.05) is 6.92 Å². The molecule has 4 aromatic rings. The van der Waals surface area contributed by atoms with Crippen molar-refractivity contribution in [3.63, 3.8) is 0 Å². The van der Waals surface area contributed by atoms with E-state index in [9.17, 15) is 21.6 Å². The van der Waals surface area contributed by atoms with Crippen LogP contribution in [0.4, 0.5) is 13.2 Å². The summed E-state index contributed by atoms with van der Waals surface area (Å²) < 4.78 is 67.8. The molecule has 0 aliphatic rings. The van der Waals surface area contributed by atoms with Crippen LogP contribution in [0, 0.1) is 0 Å². The molecule has 4 heterocycles. The highest BCUT2D eigenvalue weighted by Crippen LogP contribution is 2.33. The number of alkyl halides is 3. The summed E-state index contributed by atoms with van der Waals surface area (Å²) in [5.74, 6) is -0.0529. The highest BCUT2D eigenvalue weighted by molar-refractivity contribution is 7.91. The van der Waals surface area contributed by atoms with Crippen molar-refractivity contribution in [1.82, 2.24) is 29.3 Å². The molecule has 12 heteroatoms. The Bertz CT molecular complexity index is 1410. The number of rotatable bonds is 4. The Kier molecular flexibility index (Phi) is 4.84. The van der Waals surface area contributed by atoms with E-state index in [1.165, 1.54) is 23.8 Å². The van der Waals surface area contributed by atoms with Gasteiger partial charge in [0.2, 0.25) is 0 Å². The fourth-order valence-electron chi connectivity index (χ4n) is 3.19. The summed E-state index contributed by atoms with van der Waals surface area (Å²) in [7, 11) is -0.423. The van der Waals surface area contributed by atoms with Crippen molar-refractivity contribution < 1.29 is 21.6 Å². The predicted octanol–water partition coefficient (Wildman–Crippen LogP) is 3.24. The molecule has 0 aromatic carbocycles. The van der Waals surface area contributed by atoms with Crippen LogP contribution in [0.3, 0.4) is 0 Å². The number of hydrogen-bond donors (Lipinski definition) is 0. The lowest BCUT2D eigenvalue weighted by Gasteiger charge is -2.10. The molecule has 8 nitrogen and oxygen atoms in total. The Morgan fingerprint density at radius 2 is 1.77 bits per heavy atom. The minimum absolute atomic E-state index is 0.0396. The maximum absolute atomic E-state index is 13.0. The van der Waals surface area contributed by atoms with E-state index in [1.54, 1.807) is 31.2 Å². The zero-order chi connectivity index (χ0) is 22.6. The second-order valence-electron chi connectivity index (χ2n) is 6.93. The highest BCUT2D eigenvalue weighted by atomic mass is 32.2. The van der Waals surface area contributed by atoms with Gasteiger partial charge in [-0.25, -0.2) is 18.4 Å². The predicted molar refractivity (Wildman–Crippen MR) is 107 cm³/mol. The van der Waals surface area contributed by atoms with Crippen molar-refractivity contribution in [1.29, 1.82) is 0 Å². The van der Waals surface area contributed by atoms with Gasteiger partial charge in [0.25, 0.3) is 0 Å². The molecule has 0 aliphatic heterocycles. The van der Waals surface area contributed by atoms with Crippen LogP contribution in [-0.2, 0) is 30.1 Å². The highest BCUT2D eigenvalue weighted by Gasteiger charge is 2.33. The van der Waals surface area contributed by atoms with E-state index in [0.29, 0.717) is 16.6 Å². The van der Waals surface area contributed by atoms with Gasteiger partial charge in [-0.2, -0.15) is 18.3 Å². The number of fused-ring (bicyclic) bond motifs is 1. The van der Waals surface area contributed by atoms with Gasteiger partial charge in [0.15, 0.2) is 15.7 Å². The first kappa shape index (κ1) is 21.0. The Labute approximate surface area is 175 Å². The number of halogens is 3. The summed E-state index contributed by atoms with van der Waals surface area (Å²) in [5, 5.41) is 4.08. The first-order chi connectivity index (χ1) is 14.5. The van der Waals surface area contributed by atoms with E-state index < -0.39 is 21.7 Å². The normalized spacial score (nSPS) is 12.6. The number of nitrogens with zero attached hydrogens (tertiary/aromatic N) is 6. The summed E-state index contributed by atoms with van der Waals surface area (Å²) in [4.78, 5) is 12.0. The van der Waals surface area contributed by atoms with Crippen molar-refractivity contribution in [2.75, 3.05) is 5.75 Å². The van der Waals surface area contributed by atoms with E-state index in [2.05, 4.69) is 20.1 Å². The quantitative estimate of drug-likeness (QED) is 0.474. The van der Waals surface area contributed by atoms with Crippen LogP contribution >= 0.6 is 0 Å². The molecule has 0 spiro atoms. The van der Waals surface area contributed by atoms with Crippen LogP contribution in [0.5, 0.6) is 0 Å². The van der Waals surface area contributed by atoms with Crippen molar-refractivity contribution in [3.05, 3.63) is 42.6 Å². The van der Waals surface area contributed by atoms with Crippen LogP contribution in [0.15, 0.2) is 41.8 Å². The first-order valence-electron chi connectivity index (χ1n) is 9.13. The first-order valence-corrected chi connectivity index (χ1v) is 10.8. The van der Waals surface area contributed by atoms with Crippen LogP contribution in [0.2, 0.25) is 0 Å². The molecule has 162 valence electrons. The molecular weight excluding hydrogens is 433 g/mol. The molecule has 4 aromatic heterocycles. The second-order valence-corrected chi connectivity index (χ2v) is 9.17. The summed E-state index contributed by atoms with van der Waals surface area (Å²) in [6, 6.07) is 2.31. The fraction of sp³-hybridized carbons (Fsp3) is 0.263. The van der Waals surface area contributed by atoms with E-state index in [0.717, 1.165) is 12.3 Å². The zero-order valence-corrected chi connectivity index (χ0v) is 17.5. The van der Waals surface area contributed by atoms with E-state index >= 15 is 0 Å². The third-order valence-electron chi connectivity index (χ3n) is 4.88. The molecule has 0 saturated heterocycles. The van der Waals surface area contributed by atoms with E-state index in [-0.39, 0.29) is 27.7 Å². The molecule has 0 fully saturated rings. The third-order valence-corrected chi connectivity index (χ3v) is 6.62. The Morgan fingerprint density at radius 1 is 1.03 bits per heavy atom. The topological polar surface area (TPSA) is 95.6 Å². The maximum atomic E-state index is 13.0. The molecule has 0 saturated carbocycles. The molecule has 0 radical (unpaired) electrons. The van der Waals surface area contributed by atoms with Crippen molar-refractivity contribution in [2.45, 2.75) is 18.0 Å². The van der Waals surface area contributed by atoms with Gasteiger partial charge >= 0.3 is 6.18 Å². The fourth-order valence-corrected chi connectivity index (χ4v) is 4.24. The molecule has 0 unspecified atom stereocenters. The summed E-state index contributed by atoms with van der Waals surface area (Å²) in [6.45, 7) is 1.50. The standard InChI is InChI=1S/C19H17F3N6O2S/c1-4-31(29,30)15-5-11(12-8-25-27(2)10-12)7-24-17(15)18-26-13-6-16(19(20,21)22)23-9-14(13)28(18)3/h5-10H,4H2,1-3H3.